The first-order valence-corrected chi connectivity index (χ1v) is 3.83. The second-order valence-corrected chi connectivity index (χ2v) is 3.09. The first-order chi connectivity index (χ1) is 5.96. The standard InChI is InChI=1S/C9H12N2O2/c1-9(11,8(12)13)6-4-2-3-5-7(6)10/h2-5H,10-11H2,1H3,(H,12,13). The lowest BCUT2D eigenvalue weighted by Gasteiger charge is -2.21. The number of carbonyl (C=O) groups is 1. The predicted octanol–water partition coefficient (Wildman–Crippen LogP) is 0.527. The number of para-hydroxylation sites is 1. The molecule has 0 radical (unpaired) electrons. The van der Waals surface area contributed by atoms with E-state index in [0.29, 0.717) is 11.3 Å². The van der Waals surface area contributed by atoms with Crippen LogP contribution in [-0.4, -0.2) is 11.1 Å². The van der Waals surface area contributed by atoms with Gasteiger partial charge in [0.15, 0.2) is 0 Å². The van der Waals surface area contributed by atoms with Crippen LogP contribution in [0.25, 0.3) is 0 Å². The maximum Gasteiger partial charge on any atom is 0.328 e. The van der Waals surface area contributed by atoms with Crippen LogP contribution in [0.1, 0.15) is 12.5 Å². The zero-order chi connectivity index (χ0) is 10.1. The van der Waals surface area contributed by atoms with E-state index in [2.05, 4.69) is 0 Å². The van der Waals surface area contributed by atoms with Crippen LogP contribution in [0, 0.1) is 0 Å². The second-order valence-electron chi connectivity index (χ2n) is 3.09. The smallest absolute Gasteiger partial charge is 0.328 e. The van der Waals surface area contributed by atoms with Gasteiger partial charge in [0.05, 0.1) is 0 Å². The molecule has 0 fully saturated rings. The van der Waals surface area contributed by atoms with Crippen molar-refractivity contribution in [2.75, 3.05) is 5.73 Å². The van der Waals surface area contributed by atoms with E-state index in [9.17, 15) is 4.79 Å². The lowest BCUT2D eigenvalue weighted by atomic mass is 9.92. The first-order valence-electron chi connectivity index (χ1n) is 3.83. The summed E-state index contributed by atoms with van der Waals surface area (Å²) in [4.78, 5) is 10.8. The molecule has 0 aliphatic rings. The van der Waals surface area contributed by atoms with Gasteiger partial charge in [0, 0.05) is 11.3 Å². The lowest BCUT2D eigenvalue weighted by molar-refractivity contribution is -0.143. The third-order valence-corrected chi connectivity index (χ3v) is 1.96. The molecule has 1 unspecified atom stereocenters. The average molecular weight is 180 g/mol. The van der Waals surface area contributed by atoms with Gasteiger partial charge in [-0.25, -0.2) is 4.79 Å². The number of benzene rings is 1. The number of anilines is 1. The molecule has 0 aromatic heterocycles. The van der Waals surface area contributed by atoms with E-state index < -0.39 is 11.5 Å². The summed E-state index contributed by atoms with van der Waals surface area (Å²) >= 11 is 0. The van der Waals surface area contributed by atoms with Gasteiger partial charge in [-0.3, -0.25) is 0 Å². The van der Waals surface area contributed by atoms with Gasteiger partial charge in [-0.2, -0.15) is 0 Å². The van der Waals surface area contributed by atoms with Crippen LogP contribution in [0.2, 0.25) is 0 Å². The summed E-state index contributed by atoms with van der Waals surface area (Å²) in [6.45, 7) is 1.42. The summed E-state index contributed by atoms with van der Waals surface area (Å²) in [7, 11) is 0. The number of aliphatic carboxylic acids is 1. The van der Waals surface area contributed by atoms with Crippen molar-refractivity contribution in [2.24, 2.45) is 5.73 Å². The van der Waals surface area contributed by atoms with E-state index in [1.807, 2.05) is 0 Å². The van der Waals surface area contributed by atoms with E-state index in [4.69, 9.17) is 16.6 Å². The Morgan fingerprint density at radius 3 is 2.46 bits per heavy atom. The van der Waals surface area contributed by atoms with Crippen LogP contribution in [0.5, 0.6) is 0 Å². The summed E-state index contributed by atoms with van der Waals surface area (Å²) in [5.74, 6) is -1.09. The third-order valence-electron chi connectivity index (χ3n) is 1.96. The topological polar surface area (TPSA) is 89.3 Å². The molecule has 0 saturated heterocycles. The quantitative estimate of drug-likeness (QED) is 0.579. The van der Waals surface area contributed by atoms with Crippen molar-refractivity contribution >= 4 is 11.7 Å². The molecule has 70 valence electrons. The molecule has 1 rings (SSSR count). The van der Waals surface area contributed by atoms with Crippen molar-refractivity contribution in [1.82, 2.24) is 0 Å². The maximum atomic E-state index is 10.8. The van der Waals surface area contributed by atoms with Crippen LogP contribution in [-0.2, 0) is 10.3 Å². The maximum absolute atomic E-state index is 10.8. The molecule has 4 nitrogen and oxygen atoms in total. The molecule has 0 bridgehead atoms. The lowest BCUT2D eigenvalue weighted by Crippen LogP contribution is -2.42. The van der Waals surface area contributed by atoms with Crippen molar-refractivity contribution in [3.05, 3.63) is 29.8 Å². The van der Waals surface area contributed by atoms with E-state index in [1.54, 1.807) is 24.3 Å². The fourth-order valence-electron chi connectivity index (χ4n) is 1.09. The molecule has 1 atom stereocenters. The summed E-state index contributed by atoms with van der Waals surface area (Å²) in [6.07, 6.45) is 0. The van der Waals surface area contributed by atoms with E-state index in [-0.39, 0.29) is 0 Å². The molecule has 0 aliphatic carbocycles. The van der Waals surface area contributed by atoms with Gasteiger partial charge in [0.2, 0.25) is 0 Å². The highest BCUT2D eigenvalue weighted by molar-refractivity contribution is 5.82. The van der Waals surface area contributed by atoms with E-state index in [1.165, 1.54) is 6.92 Å². The minimum Gasteiger partial charge on any atom is -0.480 e. The number of carboxylic acid groups (broad SMARTS) is 1. The van der Waals surface area contributed by atoms with E-state index in [0.717, 1.165) is 0 Å². The fraction of sp³-hybridized carbons (Fsp3) is 0.222. The Morgan fingerprint density at radius 2 is 2.00 bits per heavy atom. The molecule has 5 N–H and O–H groups in total. The van der Waals surface area contributed by atoms with Gasteiger partial charge in [-0.1, -0.05) is 18.2 Å². The predicted molar refractivity (Wildman–Crippen MR) is 50.0 cm³/mol. The molecule has 0 heterocycles. The van der Waals surface area contributed by atoms with Crippen LogP contribution < -0.4 is 11.5 Å². The Balaban J connectivity index is 3.22. The molecule has 4 heteroatoms. The summed E-state index contributed by atoms with van der Waals surface area (Å²) in [5.41, 5.74) is 10.6. The SMILES string of the molecule is CC(N)(C(=O)O)c1ccccc1N. The van der Waals surface area contributed by atoms with Crippen molar-refractivity contribution in [1.29, 1.82) is 0 Å². The first kappa shape index (κ1) is 9.54. The van der Waals surface area contributed by atoms with Crippen molar-refractivity contribution in [3.63, 3.8) is 0 Å². The highest BCUT2D eigenvalue weighted by atomic mass is 16.4. The molecule has 1 aromatic carbocycles. The normalized spacial score (nSPS) is 14.9. The Bertz CT molecular complexity index is 334. The molecule has 13 heavy (non-hydrogen) atoms. The summed E-state index contributed by atoms with van der Waals surface area (Å²) < 4.78 is 0. The second kappa shape index (κ2) is 3.06. The molecule has 1 aromatic rings. The van der Waals surface area contributed by atoms with Gasteiger partial charge < -0.3 is 16.6 Å². The minimum absolute atomic E-state index is 0.398. The summed E-state index contributed by atoms with van der Waals surface area (Å²) in [5, 5.41) is 8.84. The minimum atomic E-state index is -1.43. The zero-order valence-corrected chi connectivity index (χ0v) is 7.32. The van der Waals surface area contributed by atoms with Crippen molar-refractivity contribution in [3.8, 4) is 0 Å². The number of carboxylic acids is 1. The highest BCUT2D eigenvalue weighted by Gasteiger charge is 2.31. The largest absolute Gasteiger partial charge is 0.480 e. The molecular weight excluding hydrogens is 168 g/mol. The number of nitrogens with two attached hydrogens (primary N) is 2. The highest BCUT2D eigenvalue weighted by Crippen LogP contribution is 2.23. The van der Waals surface area contributed by atoms with Gasteiger partial charge in [-0.05, 0) is 13.0 Å². The molecule has 0 spiro atoms. The molecule has 0 amide bonds. The van der Waals surface area contributed by atoms with Gasteiger partial charge in [0.25, 0.3) is 0 Å². The number of hydrogen-bond donors (Lipinski definition) is 3. The number of rotatable bonds is 2. The molecule has 0 saturated carbocycles. The van der Waals surface area contributed by atoms with Crippen LogP contribution >= 0.6 is 0 Å². The Hall–Kier alpha value is -1.55. The Labute approximate surface area is 76.2 Å². The third kappa shape index (κ3) is 1.62. The van der Waals surface area contributed by atoms with E-state index >= 15 is 0 Å². The van der Waals surface area contributed by atoms with Crippen LogP contribution in [0.3, 0.4) is 0 Å². The number of nitrogen functional groups attached to an aromatic ring is 1. The van der Waals surface area contributed by atoms with Gasteiger partial charge in [-0.15, -0.1) is 0 Å². The Morgan fingerprint density at radius 1 is 1.46 bits per heavy atom. The van der Waals surface area contributed by atoms with Gasteiger partial charge in [0.1, 0.15) is 5.54 Å². The van der Waals surface area contributed by atoms with Gasteiger partial charge >= 0.3 is 5.97 Å². The fourth-order valence-corrected chi connectivity index (χ4v) is 1.09. The zero-order valence-electron chi connectivity index (χ0n) is 7.32. The van der Waals surface area contributed by atoms with Crippen LogP contribution in [0.15, 0.2) is 24.3 Å². The molecule has 0 aliphatic heterocycles. The van der Waals surface area contributed by atoms with Crippen molar-refractivity contribution in [2.45, 2.75) is 12.5 Å². The van der Waals surface area contributed by atoms with Crippen molar-refractivity contribution < 1.29 is 9.90 Å². The summed E-state index contributed by atoms with van der Waals surface area (Å²) in [6, 6.07) is 6.68. The molecular formula is C9H12N2O2. The number of hydrogen-bond acceptors (Lipinski definition) is 3. The monoisotopic (exact) mass is 180 g/mol. The Kier molecular flexibility index (Phi) is 2.25. The van der Waals surface area contributed by atoms with Crippen LogP contribution in [0.4, 0.5) is 5.69 Å². The average Bonchev–Trinajstić information content (AvgIpc) is 2.04.